The number of hydrogen-bond donors (Lipinski definition) is 0. The van der Waals surface area contributed by atoms with Crippen LogP contribution < -0.4 is 0 Å². The Balaban J connectivity index is 1.96. The van der Waals surface area contributed by atoms with E-state index in [4.69, 9.17) is 0 Å². The summed E-state index contributed by atoms with van der Waals surface area (Å²) in [6, 6.07) is 4.59. The molecule has 0 saturated carbocycles. The molecule has 0 radical (unpaired) electrons. The van der Waals surface area contributed by atoms with Crippen molar-refractivity contribution in [3.63, 3.8) is 0 Å². The highest BCUT2D eigenvalue weighted by Gasteiger charge is 2.49. The molecule has 2 saturated heterocycles. The minimum Gasteiger partial charge on any atom is -0.229 e. The van der Waals surface area contributed by atoms with E-state index in [1.807, 2.05) is 0 Å². The van der Waals surface area contributed by atoms with Gasteiger partial charge in [0.2, 0.25) is 10.0 Å². The fourth-order valence-electron chi connectivity index (χ4n) is 3.59. The van der Waals surface area contributed by atoms with Crippen molar-refractivity contribution in [1.82, 2.24) is 4.31 Å². The van der Waals surface area contributed by atoms with Gasteiger partial charge in [-0.3, -0.25) is 0 Å². The van der Waals surface area contributed by atoms with Crippen molar-refractivity contribution in [3.8, 4) is 0 Å². The monoisotopic (exact) mass is 347 g/mol. The minimum absolute atomic E-state index is 0.295. The molecule has 1 aromatic carbocycles. The summed E-state index contributed by atoms with van der Waals surface area (Å²) in [7, 11) is -7.12. The lowest BCUT2D eigenvalue weighted by atomic mass is 10.1. The van der Waals surface area contributed by atoms with Crippen LogP contribution in [0.1, 0.15) is 25.7 Å². The van der Waals surface area contributed by atoms with E-state index in [2.05, 4.69) is 0 Å². The first-order valence-corrected chi connectivity index (χ1v) is 10.6. The summed E-state index contributed by atoms with van der Waals surface area (Å²) in [4.78, 5) is -0.329. The Morgan fingerprint density at radius 1 is 1.05 bits per heavy atom. The third kappa shape index (κ3) is 2.57. The summed E-state index contributed by atoms with van der Waals surface area (Å²) >= 11 is 0. The van der Waals surface area contributed by atoms with Gasteiger partial charge in [0, 0.05) is 18.3 Å². The van der Waals surface area contributed by atoms with Gasteiger partial charge in [-0.05, 0) is 37.8 Å². The van der Waals surface area contributed by atoms with E-state index >= 15 is 0 Å². The van der Waals surface area contributed by atoms with Gasteiger partial charge in [-0.1, -0.05) is 12.1 Å². The molecule has 0 spiro atoms. The molecule has 0 aliphatic carbocycles. The van der Waals surface area contributed by atoms with Crippen molar-refractivity contribution in [3.05, 3.63) is 30.1 Å². The molecule has 22 heavy (non-hydrogen) atoms. The second kappa shape index (κ2) is 5.28. The van der Waals surface area contributed by atoms with E-state index < -0.39 is 30.9 Å². The van der Waals surface area contributed by atoms with Crippen LogP contribution in [0.3, 0.4) is 0 Å². The van der Waals surface area contributed by atoms with Crippen LogP contribution in [0, 0.1) is 5.82 Å². The summed E-state index contributed by atoms with van der Waals surface area (Å²) in [6.45, 7) is 0. The Morgan fingerprint density at radius 3 is 2.09 bits per heavy atom. The second-order valence-corrected chi connectivity index (χ2v) is 10.2. The Labute approximate surface area is 130 Å². The number of piperidine rings is 1. The standard InChI is InChI=1S/C14H18FNO4S2/c1-21(17,18)12-8-10-6-7-11(9-12)16(10)22(19,20)14-5-3-2-4-13(14)15/h2-5,10-12H,6-9H2,1H3/t10-,11+,12?. The maximum atomic E-state index is 13.9. The third-order valence-corrected chi connectivity index (χ3v) is 8.25. The van der Waals surface area contributed by atoms with Crippen molar-refractivity contribution in [2.75, 3.05) is 6.26 Å². The fraction of sp³-hybridized carbons (Fsp3) is 0.571. The van der Waals surface area contributed by atoms with Crippen molar-refractivity contribution >= 4 is 19.9 Å². The molecule has 2 aliphatic heterocycles. The van der Waals surface area contributed by atoms with E-state index in [1.54, 1.807) is 0 Å². The quantitative estimate of drug-likeness (QED) is 0.832. The molecule has 2 bridgehead atoms. The summed E-state index contributed by atoms with van der Waals surface area (Å²) in [5.74, 6) is -0.771. The summed E-state index contributed by atoms with van der Waals surface area (Å²) in [5.41, 5.74) is 0. The highest BCUT2D eigenvalue weighted by Crippen LogP contribution is 2.41. The molecular weight excluding hydrogens is 329 g/mol. The Bertz CT molecular complexity index is 777. The van der Waals surface area contributed by atoms with E-state index in [0.29, 0.717) is 25.7 Å². The molecule has 2 heterocycles. The average molecular weight is 347 g/mol. The zero-order valence-corrected chi connectivity index (χ0v) is 13.8. The predicted molar refractivity (Wildman–Crippen MR) is 80.1 cm³/mol. The zero-order chi connectivity index (χ0) is 16.1. The number of halogens is 1. The van der Waals surface area contributed by atoms with Crippen molar-refractivity contribution in [2.45, 2.75) is 47.9 Å². The van der Waals surface area contributed by atoms with Gasteiger partial charge in [0.15, 0.2) is 0 Å². The van der Waals surface area contributed by atoms with Gasteiger partial charge in [-0.25, -0.2) is 21.2 Å². The first-order chi connectivity index (χ1) is 10.2. The number of benzene rings is 1. The predicted octanol–water partition coefficient (Wildman–Crippen LogP) is 1.55. The van der Waals surface area contributed by atoms with E-state index in [0.717, 1.165) is 6.07 Å². The molecule has 2 aliphatic rings. The van der Waals surface area contributed by atoms with Crippen LogP contribution in [-0.2, 0) is 19.9 Å². The highest BCUT2D eigenvalue weighted by atomic mass is 32.2. The number of hydrogen-bond acceptors (Lipinski definition) is 4. The smallest absolute Gasteiger partial charge is 0.229 e. The van der Waals surface area contributed by atoms with Gasteiger partial charge < -0.3 is 0 Å². The number of sulfone groups is 1. The number of nitrogens with zero attached hydrogens (tertiary/aromatic N) is 1. The Hall–Kier alpha value is -0.990. The number of rotatable bonds is 3. The lowest BCUT2D eigenvalue weighted by molar-refractivity contribution is 0.248. The fourth-order valence-corrected chi connectivity index (χ4v) is 6.70. The van der Waals surface area contributed by atoms with Crippen LogP contribution >= 0.6 is 0 Å². The summed E-state index contributed by atoms with van der Waals surface area (Å²) in [6.07, 6.45) is 3.04. The molecular formula is C14H18FNO4S2. The first-order valence-electron chi connectivity index (χ1n) is 7.18. The zero-order valence-electron chi connectivity index (χ0n) is 12.1. The molecule has 5 nitrogen and oxygen atoms in total. The van der Waals surface area contributed by atoms with E-state index in [9.17, 15) is 21.2 Å². The summed E-state index contributed by atoms with van der Waals surface area (Å²) < 4.78 is 64.3. The van der Waals surface area contributed by atoms with Gasteiger partial charge in [-0.15, -0.1) is 0 Å². The second-order valence-electron chi connectivity index (χ2n) is 6.07. The van der Waals surface area contributed by atoms with Crippen LogP contribution in [0.15, 0.2) is 29.2 Å². The minimum atomic E-state index is -3.93. The number of fused-ring (bicyclic) bond motifs is 2. The SMILES string of the molecule is CS(=O)(=O)C1C[C@H]2CC[C@@H](C1)N2S(=O)(=O)c1ccccc1F. The van der Waals surface area contributed by atoms with E-state index in [1.165, 1.54) is 28.8 Å². The van der Waals surface area contributed by atoms with Gasteiger partial charge in [0.25, 0.3) is 0 Å². The Morgan fingerprint density at radius 2 is 1.59 bits per heavy atom. The normalized spacial score (nSPS) is 29.6. The summed E-state index contributed by atoms with van der Waals surface area (Å²) in [5, 5.41) is -0.503. The van der Waals surface area contributed by atoms with Crippen LogP contribution in [0.5, 0.6) is 0 Å². The van der Waals surface area contributed by atoms with Crippen LogP contribution in [-0.4, -0.2) is 44.7 Å². The molecule has 2 fully saturated rings. The van der Waals surface area contributed by atoms with E-state index in [-0.39, 0.29) is 17.0 Å². The van der Waals surface area contributed by atoms with Crippen molar-refractivity contribution in [2.24, 2.45) is 0 Å². The molecule has 8 heteroatoms. The lowest BCUT2D eigenvalue weighted by Crippen LogP contribution is -2.49. The van der Waals surface area contributed by atoms with Crippen LogP contribution in [0.4, 0.5) is 4.39 Å². The molecule has 3 atom stereocenters. The maximum absolute atomic E-state index is 13.9. The van der Waals surface area contributed by atoms with Gasteiger partial charge in [0.05, 0.1) is 5.25 Å². The van der Waals surface area contributed by atoms with Crippen LogP contribution in [0.2, 0.25) is 0 Å². The van der Waals surface area contributed by atoms with Gasteiger partial charge in [0.1, 0.15) is 20.5 Å². The molecule has 0 amide bonds. The van der Waals surface area contributed by atoms with Gasteiger partial charge >= 0.3 is 0 Å². The number of sulfonamides is 1. The molecule has 1 unspecified atom stereocenters. The largest absolute Gasteiger partial charge is 0.246 e. The first kappa shape index (κ1) is 15.9. The third-order valence-electron chi connectivity index (χ3n) is 4.62. The van der Waals surface area contributed by atoms with Crippen LogP contribution in [0.25, 0.3) is 0 Å². The average Bonchev–Trinajstić information content (AvgIpc) is 2.70. The van der Waals surface area contributed by atoms with Gasteiger partial charge in [-0.2, -0.15) is 4.31 Å². The lowest BCUT2D eigenvalue weighted by Gasteiger charge is -2.37. The molecule has 1 aromatic rings. The molecule has 122 valence electrons. The van der Waals surface area contributed by atoms with Crippen molar-refractivity contribution in [1.29, 1.82) is 0 Å². The maximum Gasteiger partial charge on any atom is 0.246 e. The van der Waals surface area contributed by atoms with Crippen molar-refractivity contribution < 1.29 is 21.2 Å². The highest BCUT2D eigenvalue weighted by molar-refractivity contribution is 7.91. The molecule has 0 N–H and O–H groups in total. The topological polar surface area (TPSA) is 71.5 Å². The molecule has 0 aromatic heterocycles. The Kier molecular flexibility index (Phi) is 3.81. The molecule has 3 rings (SSSR count).